The minimum absolute atomic E-state index is 0.237. The van der Waals surface area contributed by atoms with Crippen molar-refractivity contribution in [3.8, 4) is 0 Å². The fraction of sp³-hybridized carbons (Fsp3) is 0.833. The molecule has 0 aliphatic carbocycles. The van der Waals surface area contributed by atoms with Gasteiger partial charge < -0.3 is 14.2 Å². The predicted octanol–water partition coefficient (Wildman–Crippen LogP) is 2.67. The Balaban J connectivity index is 4.33. The Labute approximate surface area is 102 Å². The van der Waals surface area contributed by atoms with Crippen LogP contribution >= 0.6 is 0 Å². The highest BCUT2D eigenvalue weighted by molar-refractivity contribution is 5.81. The van der Waals surface area contributed by atoms with Gasteiger partial charge in [0.1, 0.15) is 6.10 Å². The van der Waals surface area contributed by atoms with Gasteiger partial charge >= 0.3 is 12.1 Å². The molecule has 0 aromatic carbocycles. The third-order valence-corrected chi connectivity index (χ3v) is 2.05. The summed E-state index contributed by atoms with van der Waals surface area (Å²) in [7, 11) is 0. The first-order chi connectivity index (χ1) is 7.69. The molecule has 5 heteroatoms. The number of ether oxygens (including phenoxy) is 3. The van der Waals surface area contributed by atoms with Crippen LogP contribution in [-0.2, 0) is 19.0 Å². The summed E-state index contributed by atoms with van der Waals surface area (Å²) in [6.45, 7) is 10.0. The summed E-state index contributed by atoms with van der Waals surface area (Å²) in [4.78, 5) is 23.0. The molecule has 0 rings (SSSR count). The molecule has 0 N–H and O–H groups in total. The lowest BCUT2D eigenvalue weighted by Crippen LogP contribution is -2.40. The third-order valence-electron chi connectivity index (χ3n) is 2.05. The van der Waals surface area contributed by atoms with E-state index in [0.29, 0.717) is 6.42 Å². The van der Waals surface area contributed by atoms with Gasteiger partial charge in [0.05, 0.1) is 6.10 Å². The lowest BCUT2D eigenvalue weighted by atomic mass is 10.1. The maximum atomic E-state index is 11.6. The molecular weight excluding hydrogens is 224 g/mol. The summed E-state index contributed by atoms with van der Waals surface area (Å²) >= 11 is 0. The molecule has 0 heterocycles. The van der Waals surface area contributed by atoms with Gasteiger partial charge in [-0.3, -0.25) is 0 Å². The van der Waals surface area contributed by atoms with Crippen molar-refractivity contribution in [1.82, 2.24) is 0 Å². The standard InChI is InChI=1S/C12H22O5/c1-7-9(4)16-11(14)17-12(5,6)10(13)15-8(2)3/h8-9H,7H2,1-6H3. The first-order valence-electron chi connectivity index (χ1n) is 5.79. The Morgan fingerprint density at radius 3 is 2.06 bits per heavy atom. The summed E-state index contributed by atoms with van der Waals surface area (Å²) in [6, 6.07) is 0. The van der Waals surface area contributed by atoms with Crippen LogP contribution in [0.2, 0.25) is 0 Å². The van der Waals surface area contributed by atoms with Crippen molar-refractivity contribution in [3.63, 3.8) is 0 Å². The summed E-state index contributed by atoms with van der Waals surface area (Å²) in [6.07, 6.45) is -0.660. The Hall–Kier alpha value is -1.26. The van der Waals surface area contributed by atoms with Gasteiger partial charge in [-0.05, 0) is 41.0 Å². The van der Waals surface area contributed by atoms with E-state index in [9.17, 15) is 9.59 Å². The highest BCUT2D eigenvalue weighted by Gasteiger charge is 2.35. The first-order valence-corrected chi connectivity index (χ1v) is 5.79. The van der Waals surface area contributed by atoms with E-state index >= 15 is 0 Å². The molecule has 0 aliphatic heterocycles. The van der Waals surface area contributed by atoms with Crippen molar-refractivity contribution < 1.29 is 23.8 Å². The van der Waals surface area contributed by atoms with E-state index in [-0.39, 0.29) is 12.2 Å². The zero-order chi connectivity index (χ0) is 13.6. The normalized spacial score (nSPS) is 13.1. The van der Waals surface area contributed by atoms with Crippen LogP contribution in [-0.4, -0.2) is 29.9 Å². The van der Waals surface area contributed by atoms with Crippen LogP contribution in [0, 0.1) is 0 Å². The highest BCUT2D eigenvalue weighted by Crippen LogP contribution is 2.15. The quantitative estimate of drug-likeness (QED) is 0.698. The summed E-state index contributed by atoms with van der Waals surface area (Å²) in [5.74, 6) is -0.589. The smallest absolute Gasteiger partial charge is 0.460 e. The van der Waals surface area contributed by atoms with Gasteiger partial charge in [0, 0.05) is 0 Å². The zero-order valence-corrected chi connectivity index (χ0v) is 11.4. The van der Waals surface area contributed by atoms with Gasteiger partial charge in [0.25, 0.3) is 0 Å². The summed E-state index contributed by atoms with van der Waals surface area (Å²) in [5, 5.41) is 0. The monoisotopic (exact) mass is 246 g/mol. The van der Waals surface area contributed by atoms with Crippen molar-refractivity contribution in [1.29, 1.82) is 0 Å². The summed E-state index contributed by atoms with van der Waals surface area (Å²) < 4.78 is 14.8. The lowest BCUT2D eigenvalue weighted by Gasteiger charge is -2.24. The number of hydrogen-bond donors (Lipinski definition) is 0. The molecule has 0 saturated carbocycles. The van der Waals surface area contributed by atoms with E-state index < -0.39 is 17.7 Å². The average Bonchev–Trinajstić information content (AvgIpc) is 2.15. The molecule has 0 aliphatic rings. The van der Waals surface area contributed by atoms with Gasteiger partial charge in [-0.25, -0.2) is 9.59 Å². The molecular formula is C12H22O5. The molecule has 0 aromatic rings. The van der Waals surface area contributed by atoms with Crippen molar-refractivity contribution in [2.24, 2.45) is 0 Å². The fourth-order valence-electron chi connectivity index (χ4n) is 0.878. The average molecular weight is 246 g/mol. The van der Waals surface area contributed by atoms with E-state index in [0.717, 1.165) is 0 Å². The lowest BCUT2D eigenvalue weighted by molar-refractivity contribution is -0.168. The first kappa shape index (κ1) is 15.7. The number of rotatable bonds is 5. The van der Waals surface area contributed by atoms with Crippen molar-refractivity contribution in [2.45, 2.75) is 65.8 Å². The van der Waals surface area contributed by atoms with E-state index in [4.69, 9.17) is 14.2 Å². The Morgan fingerprint density at radius 2 is 1.65 bits per heavy atom. The maximum absolute atomic E-state index is 11.6. The van der Waals surface area contributed by atoms with Crippen molar-refractivity contribution >= 4 is 12.1 Å². The Bertz CT molecular complexity index is 270. The topological polar surface area (TPSA) is 61.8 Å². The van der Waals surface area contributed by atoms with Crippen LogP contribution in [0.4, 0.5) is 4.79 Å². The third kappa shape index (κ3) is 6.14. The van der Waals surface area contributed by atoms with Crippen LogP contribution < -0.4 is 0 Å². The van der Waals surface area contributed by atoms with Crippen molar-refractivity contribution in [3.05, 3.63) is 0 Å². The van der Waals surface area contributed by atoms with Crippen LogP contribution in [0.3, 0.4) is 0 Å². The SMILES string of the molecule is CCC(C)OC(=O)OC(C)(C)C(=O)OC(C)C. The van der Waals surface area contributed by atoms with E-state index in [1.165, 1.54) is 13.8 Å². The molecule has 0 radical (unpaired) electrons. The number of carbonyl (C=O) groups excluding carboxylic acids is 2. The largest absolute Gasteiger partial charge is 0.509 e. The molecule has 100 valence electrons. The molecule has 0 bridgehead atoms. The second kappa shape index (κ2) is 6.47. The molecule has 1 unspecified atom stereocenters. The van der Waals surface area contributed by atoms with Gasteiger partial charge in [0.2, 0.25) is 5.60 Å². The van der Waals surface area contributed by atoms with E-state index in [1.807, 2.05) is 6.92 Å². The molecule has 0 spiro atoms. The van der Waals surface area contributed by atoms with Crippen LogP contribution in [0.5, 0.6) is 0 Å². The van der Waals surface area contributed by atoms with Gasteiger partial charge in [-0.2, -0.15) is 0 Å². The van der Waals surface area contributed by atoms with Crippen LogP contribution in [0.25, 0.3) is 0 Å². The highest BCUT2D eigenvalue weighted by atomic mass is 16.7. The zero-order valence-electron chi connectivity index (χ0n) is 11.4. The predicted molar refractivity (Wildman–Crippen MR) is 62.6 cm³/mol. The number of hydrogen-bond acceptors (Lipinski definition) is 5. The molecule has 0 saturated heterocycles. The van der Waals surface area contributed by atoms with Crippen LogP contribution in [0.15, 0.2) is 0 Å². The second-order valence-electron chi connectivity index (χ2n) is 4.65. The molecule has 0 fully saturated rings. The minimum Gasteiger partial charge on any atom is -0.460 e. The van der Waals surface area contributed by atoms with Crippen LogP contribution in [0.1, 0.15) is 48.0 Å². The second-order valence-corrected chi connectivity index (χ2v) is 4.65. The number of carbonyl (C=O) groups is 2. The fourth-order valence-corrected chi connectivity index (χ4v) is 0.878. The molecule has 1 atom stereocenters. The van der Waals surface area contributed by atoms with Gasteiger partial charge in [0.15, 0.2) is 0 Å². The molecule has 0 amide bonds. The van der Waals surface area contributed by atoms with Gasteiger partial charge in [-0.1, -0.05) is 6.92 Å². The molecule has 17 heavy (non-hydrogen) atoms. The van der Waals surface area contributed by atoms with E-state index in [2.05, 4.69) is 0 Å². The van der Waals surface area contributed by atoms with Gasteiger partial charge in [-0.15, -0.1) is 0 Å². The Morgan fingerprint density at radius 1 is 1.12 bits per heavy atom. The van der Waals surface area contributed by atoms with Crippen molar-refractivity contribution in [2.75, 3.05) is 0 Å². The summed E-state index contributed by atoms with van der Waals surface area (Å²) in [5.41, 5.74) is -1.34. The maximum Gasteiger partial charge on any atom is 0.509 e. The molecule has 5 nitrogen and oxygen atoms in total. The Kier molecular flexibility index (Phi) is 5.99. The minimum atomic E-state index is -1.34. The van der Waals surface area contributed by atoms with E-state index in [1.54, 1.807) is 20.8 Å². The number of esters is 1. The molecule has 0 aromatic heterocycles.